The predicted octanol–water partition coefficient (Wildman–Crippen LogP) is 3.72. The highest BCUT2D eigenvalue weighted by Crippen LogP contribution is 2.34. The number of hydrogen-bond acceptors (Lipinski definition) is 6. The van der Waals surface area contributed by atoms with Crippen LogP contribution >= 0.6 is 11.8 Å². The van der Waals surface area contributed by atoms with Crippen LogP contribution in [0.2, 0.25) is 0 Å². The van der Waals surface area contributed by atoms with Crippen molar-refractivity contribution in [3.63, 3.8) is 0 Å². The van der Waals surface area contributed by atoms with E-state index in [4.69, 9.17) is 0 Å². The molecule has 158 valence electrons. The number of aromatic nitrogens is 6. The van der Waals surface area contributed by atoms with Gasteiger partial charge in [-0.25, -0.2) is 9.36 Å². The summed E-state index contributed by atoms with van der Waals surface area (Å²) in [5.74, 6) is -0.504. The molecule has 4 rings (SSSR count). The van der Waals surface area contributed by atoms with E-state index in [0.717, 1.165) is 49.6 Å². The summed E-state index contributed by atoms with van der Waals surface area (Å²) in [5, 5.41) is 18.8. The van der Waals surface area contributed by atoms with Crippen molar-refractivity contribution in [2.75, 3.05) is 11.1 Å². The number of hydrogen-bond donors (Lipinski definition) is 1. The van der Waals surface area contributed by atoms with Crippen molar-refractivity contribution in [1.29, 1.82) is 0 Å². The zero-order chi connectivity index (χ0) is 21.1. The fourth-order valence-corrected chi connectivity index (χ4v) is 4.14. The Labute approximate surface area is 173 Å². The molecule has 0 bridgehead atoms. The first-order valence-corrected chi connectivity index (χ1v) is 10.3. The van der Waals surface area contributed by atoms with E-state index >= 15 is 0 Å². The van der Waals surface area contributed by atoms with Crippen LogP contribution in [0.5, 0.6) is 0 Å². The van der Waals surface area contributed by atoms with Gasteiger partial charge in [0.05, 0.1) is 28.7 Å². The molecule has 30 heavy (non-hydrogen) atoms. The van der Waals surface area contributed by atoms with Crippen molar-refractivity contribution in [3.05, 3.63) is 42.2 Å². The summed E-state index contributed by atoms with van der Waals surface area (Å²) in [4.78, 5) is 12.5. The number of amides is 1. The summed E-state index contributed by atoms with van der Waals surface area (Å²) in [6, 6.07) is 5.00. The van der Waals surface area contributed by atoms with E-state index in [-0.39, 0.29) is 17.5 Å². The monoisotopic (exact) mass is 437 g/mol. The maximum Gasteiger partial charge on any atom is 0.416 e. The third-order valence-corrected chi connectivity index (χ3v) is 5.75. The van der Waals surface area contributed by atoms with Crippen LogP contribution in [0.1, 0.15) is 37.3 Å². The van der Waals surface area contributed by atoms with Crippen molar-refractivity contribution < 1.29 is 18.0 Å². The minimum Gasteiger partial charge on any atom is -0.323 e. The number of alkyl halides is 3. The lowest BCUT2D eigenvalue weighted by Crippen LogP contribution is -2.18. The fraction of sp³-hybridized carbons (Fsp3) is 0.389. The first-order valence-electron chi connectivity index (χ1n) is 9.33. The van der Waals surface area contributed by atoms with Crippen molar-refractivity contribution in [2.45, 2.75) is 43.1 Å². The van der Waals surface area contributed by atoms with E-state index in [2.05, 4.69) is 25.9 Å². The number of nitrogens with one attached hydrogen (secondary N) is 1. The molecule has 1 fully saturated rings. The van der Waals surface area contributed by atoms with Crippen molar-refractivity contribution in [1.82, 2.24) is 30.0 Å². The van der Waals surface area contributed by atoms with Gasteiger partial charge in [0.15, 0.2) is 0 Å². The number of rotatable bonds is 6. The quantitative estimate of drug-likeness (QED) is 0.591. The van der Waals surface area contributed by atoms with E-state index in [1.54, 1.807) is 16.9 Å². The van der Waals surface area contributed by atoms with Crippen molar-refractivity contribution >= 4 is 23.4 Å². The summed E-state index contributed by atoms with van der Waals surface area (Å²) in [6.07, 6.45) is 2.76. The lowest BCUT2D eigenvalue weighted by molar-refractivity contribution is -0.137. The van der Waals surface area contributed by atoms with Gasteiger partial charge in [-0.05, 0) is 47.5 Å². The second kappa shape index (κ2) is 8.46. The van der Waals surface area contributed by atoms with Gasteiger partial charge in [0.1, 0.15) is 0 Å². The SMILES string of the molecule is O=C(CSc1nnnn1C1CCCC1)Nc1cc(C(F)(F)F)ccc1-n1cccn1. The van der Waals surface area contributed by atoms with Crippen LogP contribution in [0, 0.1) is 0 Å². The van der Waals surface area contributed by atoms with Gasteiger partial charge in [-0.15, -0.1) is 5.10 Å². The largest absolute Gasteiger partial charge is 0.416 e. The van der Waals surface area contributed by atoms with Gasteiger partial charge in [0.25, 0.3) is 0 Å². The van der Waals surface area contributed by atoms with Gasteiger partial charge < -0.3 is 5.32 Å². The van der Waals surface area contributed by atoms with Crippen LogP contribution < -0.4 is 5.32 Å². The zero-order valence-electron chi connectivity index (χ0n) is 15.7. The molecule has 1 aromatic carbocycles. The van der Waals surface area contributed by atoms with Gasteiger partial charge in [0, 0.05) is 12.4 Å². The molecule has 1 aliphatic rings. The summed E-state index contributed by atoms with van der Waals surface area (Å²) in [7, 11) is 0. The molecule has 3 aromatic rings. The third kappa shape index (κ3) is 4.48. The van der Waals surface area contributed by atoms with E-state index in [1.807, 2.05) is 0 Å². The van der Waals surface area contributed by atoms with Crippen LogP contribution in [0.3, 0.4) is 0 Å². The molecular weight excluding hydrogens is 419 g/mol. The molecular formula is C18H18F3N7OS. The number of tetrazole rings is 1. The van der Waals surface area contributed by atoms with Crippen LogP contribution in [0.25, 0.3) is 5.69 Å². The number of nitrogens with zero attached hydrogens (tertiary/aromatic N) is 6. The van der Waals surface area contributed by atoms with Gasteiger partial charge in [-0.3, -0.25) is 4.79 Å². The van der Waals surface area contributed by atoms with Gasteiger partial charge in [0.2, 0.25) is 11.1 Å². The van der Waals surface area contributed by atoms with E-state index < -0.39 is 17.6 Å². The molecule has 8 nitrogen and oxygen atoms in total. The Morgan fingerprint density at radius 2 is 2.07 bits per heavy atom. The standard InChI is InChI=1S/C18H18F3N7OS/c19-18(20,21)12-6-7-15(27-9-3-8-22-27)14(10-12)23-16(29)11-30-17-24-25-26-28(17)13-4-1-2-5-13/h3,6-10,13H,1-2,4-5,11H2,(H,23,29). The molecule has 0 unspecified atom stereocenters. The van der Waals surface area contributed by atoms with Gasteiger partial charge >= 0.3 is 6.18 Å². The van der Waals surface area contributed by atoms with Gasteiger partial charge in [-0.2, -0.15) is 18.3 Å². The maximum atomic E-state index is 13.1. The number of thioether (sulfide) groups is 1. The summed E-state index contributed by atoms with van der Waals surface area (Å²) in [5.41, 5.74) is -0.497. The first kappa shape index (κ1) is 20.4. The first-order chi connectivity index (χ1) is 14.4. The molecule has 1 amide bonds. The second-order valence-electron chi connectivity index (χ2n) is 6.86. The highest BCUT2D eigenvalue weighted by molar-refractivity contribution is 7.99. The average Bonchev–Trinajstić information content (AvgIpc) is 3.47. The molecule has 1 saturated carbocycles. The zero-order valence-corrected chi connectivity index (χ0v) is 16.5. The molecule has 0 aliphatic heterocycles. The van der Waals surface area contributed by atoms with Crippen LogP contribution in [-0.2, 0) is 11.0 Å². The lowest BCUT2D eigenvalue weighted by Gasteiger charge is -2.15. The molecule has 1 N–H and O–H groups in total. The number of carbonyl (C=O) groups is 1. The Morgan fingerprint density at radius 1 is 1.27 bits per heavy atom. The molecule has 1 aliphatic carbocycles. The Balaban J connectivity index is 1.49. The highest BCUT2D eigenvalue weighted by atomic mass is 32.2. The second-order valence-corrected chi connectivity index (χ2v) is 7.80. The predicted molar refractivity (Wildman–Crippen MR) is 103 cm³/mol. The van der Waals surface area contributed by atoms with Crippen LogP contribution in [-0.4, -0.2) is 41.6 Å². The van der Waals surface area contributed by atoms with Crippen molar-refractivity contribution in [2.24, 2.45) is 0 Å². The normalized spacial score (nSPS) is 14.9. The Morgan fingerprint density at radius 3 is 2.77 bits per heavy atom. The Kier molecular flexibility index (Phi) is 5.75. The third-order valence-electron chi connectivity index (χ3n) is 4.81. The minimum absolute atomic E-state index is 0.0227. The molecule has 0 saturated heterocycles. The molecule has 12 heteroatoms. The van der Waals surface area contributed by atoms with E-state index in [1.165, 1.54) is 16.9 Å². The smallest absolute Gasteiger partial charge is 0.323 e. The number of carbonyl (C=O) groups excluding carboxylic acids is 1. The topological polar surface area (TPSA) is 90.5 Å². The summed E-state index contributed by atoms with van der Waals surface area (Å²) >= 11 is 1.15. The summed E-state index contributed by atoms with van der Waals surface area (Å²) in [6.45, 7) is 0. The highest BCUT2D eigenvalue weighted by Gasteiger charge is 2.31. The average molecular weight is 437 g/mol. The van der Waals surface area contributed by atoms with E-state index in [0.29, 0.717) is 10.8 Å². The van der Waals surface area contributed by atoms with Crippen molar-refractivity contribution in [3.8, 4) is 5.69 Å². The van der Waals surface area contributed by atoms with Crippen LogP contribution in [0.15, 0.2) is 41.8 Å². The summed E-state index contributed by atoms with van der Waals surface area (Å²) < 4.78 is 42.5. The number of anilines is 1. The number of benzene rings is 1. The molecule has 0 spiro atoms. The lowest BCUT2D eigenvalue weighted by atomic mass is 10.1. The minimum atomic E-state index is -4.53. The molecule has 2 aromatic heterocycles. The fourth-order valence-electron chi connectivity index (χ4n) is 3.40. The van der Waals surface area contributed by atoms with E-state index in [9.17, 15) is 18.0 Å². The Bertz CT molecular complexity index is 1010. The molecule has 2 heterocycles. The van der Waals surface area contributed by atoms with Crippen LogP contribution in [0.4, 0.5) is 18.9 Å². The molecule has 0 radical (unpaired) electrons. The Hall–Kier alpha value is -2.89. The number of halogens is 3. The molecule has 0 atom stereocenters. The maximum absolute atomic E-state index is 13.1. The van der Waals surface area contributed by atoms with Gasteiger partial charge in [-0.1, -0.05) is 24.6 Å².